The van der Waals surface area contributed by atoms with Gasteiger partial charge in [0.05, 0.1) is 10.0 Å². The lowest BCUT2D eigenvalue weighted by molar-refractivity contribution is 0.686. The molecule has 0 spiro atoms. The van der Waals surface area contributed by atoms with Crippen molar-refractivity contribution in [1.82, 2.24) is 0 Å². The molecule has 0 bridgehead atoms. The summed E-state index contributed by atoms with van der Waals surface area (Å²) in [6.45, 7) is 0. The van der Waals surface area contributed by atoms with Gasteiger partial charge in [0.2, 0.25) is 0 Å². The Kier molecular flexibility index (Phi) is 3.93. The summed E-state index contributed by atoms with van der Waals surface area (Å²) in [5, 5.41) is 2.38. The van der Waals surface area contributed by atoms with Crippen LogP contribution in [0.1, 0.15) is 12.8 Å². The van der Waals surface area contributed by atoms with Crippen molar-refractivity contribution >= 4 is 50.9 Å². The van der Waals surface area contributed by atoms with Gasteiger partial charge in [0.25, 0.3) is 0 Å². The number of rotatable bonds is 4. The molecule has 0 atom stereocenters. The van der Waals surface area contributed by atoms with Crippen molar-refractivity contribution in [3.8, 4) is 0 Å². The molecule has 82 valence electrons. The molecule has 0 heterocycles. The van der Waals surface area contributed by atoms with E-state index in [2.05, 4.69) is 15.9 Å². The van der Waals surface area contributed by atoms with Gasteiger partial charge >= 0.3 is 0 Å². The van der Waals surface area contributed by atoms with Crippen LogP contribution in [0, 0.1) is 5.41 Å². The highest BCUT2D eigenvalue weighted by atomic mass is 79.9. The summed E-state index contributed by atoms with van der Waals surface area (Å²) in [6.07, 6.45) is 2.68. The molecule has 0 aromatic heterocycles. The van der Waals surface area contributed by atoms with Gasteiger partial charge in [0, 0.05) is 16.0 Å². The molecular weight excluding hydrogens is 315 g/mol. The zero-order valence-electron chi connectivity index (χ0n) is 8.10. The second kappa shape index (κ2) is 4.87. The van der Waals surface area contributed by atoms with Gasteiger partial charge in [0.1, 0.15) is 0 Å². The average molecular weight is 326 g/mol. The van der Waals surface area contributed by atoms with Gasteiger partial charge in [-0.2, -0.15) is 0 Å². The largest absolute Gasteiger partial charge is 0.126 e. The third-order valence-electron chi connectivity index (χ3n) is 2.68. The smallest absolute Gasteiger partial charge is 0.0603 e. The maximum atomic E-state index is 5.96. The average Bonchev–Trinajstić information content (AvgIpc) is 3.01. The monoisotopic (exact) mass is 324 g/mol. The zero-order chi connectivity index (χ0) is 10.9. The summed E-state index contributed by atoms with van der Waals surface area (Å²) in [5.41, 5.74) is 0.538. The lowest BCUT2D eigenvalue weighted by Crippen LogP contribution is -2.04. The minimum atomic E-state index is 0.538. The summed E-state index contributed by atoms with van der Waals surface area (Å²) in [4.78, 5) is 1.21. The Morgan fingerprint density at radius 3 is 2.53 bits per heavy atom. The summed E-state index contributed by atoms with van der Waals surface area (Å²) in [5.74, 6) is 1.16. The Balaban J connectivity index is 1.96. The summed E-state index contributed by atoms with van der Waals surface area (Å²) < 4.78 is 0. The van der Waals surface area contributed by atoms with Crippen molar-refractivity contribution in [2.75, 3.05) is 11.1 Å². The van der Waals surface area contributed by atoms with E-state index in [0.29, 0.717) is 15.5 Å². The highest BCUT2D eigenvalue weighted by molar-refractivity contribution is 9.09. The van der Waals surface area contributed by atoms with Crippen LogP contribution < -0.4 is 0 Å². The van der Waals surface area contributed by atoms with Crippen molar-refractivity contribution in [1.29, 1.82) is 0 Å². The normalized spacial score (nSPS) is 17.8. The third-order valence-corrected chi connectivity index (χ3v) is 5.95. The molecular formula is C11H11BrCl2S. The van der Waals surface area contributed by atoms with E-state index in [9.17, 15) is 0 Å². The SMILES string of the molecule is Clc1ccc(SCC2(CBr)CC2)cc1Cl. The van der Waals surface area contributed by atoms with Gasteiger partial charge < -0.3 is 0 Å². The van der Waals surface area contributed by atoms with E-state index < -0.39 is 0 Å². The molecule has 0 nitrogen and oxygen atoms in total. The van der Waals surface area contributed by atoms with Gasteiger partial charge in [-0.05, 0) is 36.5 Å². The predicted molar refractivity (Wildman–Crippen MR) is 72.6 cm³/mol. The van der Waals surface area contributed by atoms with Crippen LogP contribution in [0.15, 0.2) is 23.1 Å². The van der Waals surface area contributed by atoms with Gasteiger partial charge in [-0.25, -0.2) is 0 Å². The second-order valence-electron chi connectivity index (χ2n) is 4.00. The van der Waals surface area contributed by atoms with Crippen molar-refractivity contribution in [2.45, 2.75) is 17.7 Å². The van der Waals surface area contributed by atoms with Crippen LogP contribution in [0.25, 0.3) is 0 Å². The molecule has 2 rings (SSSR count). The van der Waals surface area contributed by atoms with E-state index in [1.54, 1.807) is 0 Å². The summed E-state index contributed by atoms with van der Waals surface area (Å²) in [6, 6.07) is 5.84. The lowest BCUT2D eigenvalue weighted by Gasteiger charge is -2.10. The molecule has 1 fully saturated rings. The number of hydrogen-bond acceptors (Lipinski definition) is 1. The number of benzene rings is 1. The first-order valence-corrected chi connectivity index (χ1v) is 7.65. The van der Waals surface area contributed by atoms with E-state index in [0.717, 1.165) is 11.1 Å². The molecule has 4 heteroatoms. The van der Waals surface area contributed by atoms with Crippen LogP contribution in [0.4, 0.5) is 0 Å². The van der Waals surface area contributed by atoms with Crippen molar-refractivity contribution in [2.24, 2.45) is 5.41 Å². The Labute approximate surface area is 113 Å². The Morgan fingerprint density at radius 1 is 1.27 bits per heavy atom. The van der Waals surface area contributed by atoms with E-state index in [4.69, 9.17) is 23.2 Å². The number of alkyl halides is 1. The van der Waals surface area contributed by atoms with E-state index >= 15 is 0 Å². The molecule has 1 aliphatic rings. The second-order valence-corrected chi connectivity index (χ2v) is 6.42. The molecule has 1 aromatic rings. The van der Waals surface area contributed by atoms with E-state index in [1.165, 1.54) is 17.7 Å². The van der Waals surface area contributed by atoms with Crippen LogP contribution in [0.2, 0.25) is 10.0 Å². The summed E-state index contributed by atoms with van der Waals surface area (Å²) >= 11 is 17.3. The van der Waals surface area contributed by atoms with E-state index in [-0.39, 0.29) is 0 Å². The molecule has 1 aromatic carbocycles. The molecule has 0 saturated heterocycles. The molecule has 1 saturated carbocycles. The van der Waals surface area contributed by atoms with Gasteiger partial charge in [-0.3, -0.25) is 0 Å². The first-order chi connectivity index (χ1) is 7.15. The quantitative estimate of drug-likeness (QED) is 0.537. The fraction of sp³-hybridized carbons (Fsp3) is 0.455. The highest BCUT2D eigenvalue weighted by Crippen LogP contribution is 2.50. The molecule has 1 aliphatic carbocycles. The Morgan fingerprint density at radius 2 is 2.00 bits per heavy atom. The maximum Gasteiger partial charge on any atom is 0.0603 e. The molecule has 0 radical (unpaired) electrons. The molecule has 0 N–H and O–H groups in total. The predicted octanol–water partition coefficient (Wildman–Crippen LogP) is 5.26. The molecule has 0 unspecified atom stereocenters. The highest BCUT2D eigenvalue weighted by Gasteiger charge is 2.41. The molecule has 0 aliphatic heterocycles. The maximum absolute atomic E-state index is 5.96. The Hall–Kier alpha value is 0.630. The van der Waals surface area contributed by atoms with Crippen LogP contribution in [-0.2, 0) is 0 Å². The first kappa shape index (κ1) is 12.1. The van der Waals surface area contributed by atoms with Crippen LogP contribution in [-0.4, -0.2) is 11.1 Å². The lowest BCUT2D eigenvalue weighted by atomic mass is 10.2. The fourth-order valence-electron chi connectivity index (χ4n) is 1.30. The summed E-state index contributed by atoms with van der Waals surface area (Å²) in [7, 11) is 0. The zero-order valence-corrected chi connectivity index (χ0v) is 12.0. The topological polar surface area (TPSA) is 0 Å². The van der Waals surface area contributed by atoms with Crippen molar-refractivity contribution < 1.29 is 0 Å². The standard InChI is InChI=1S/C11H11BrCl2S/c12-6-11(3-4-11)7-15-8-1-2-9(13)10(14)5-8/h1-2,5H,3-4,6-7H2. The van der Waals surface area contributed by atoms with E-state index in [1.807, 2.05) is 30.0 Å². The van der Waals surface area contributed by atoms with Gasteiger partial charge in [-0.1, -0.05) is 39.1 Å². The number of hydrogen-bond donors (Lipinski definition) is 0. The van der Waals surface area contributed by atoms with Gasteiger partial charge in [-0.15, -0.1) is 11.8 Å². The van der Waals surface area contributed by atoms with Crippen molar-refractivity contribution in [3.63, 3.8) is 0 Å². The van der Waals surface area contributed by atoms with Gasteiger partial charge in [0.15, 0.2) is 0 Å². The molecule has 0 amide bonds. The number of halogens is 3. The first-order valence-electron chi connectivity index (χ1n) is 4.79. The minimum Gasteiger partial charge on any atom is -0.126 e. The van der Waals surface area contributed by atoms with Crippen LogP contribution in [0.5, 0.6) is 0 Å². The Bertz CT molecular complexity index is 364. The van der Waals surface area contributed by atoms with Crippen molar-refractivity contribution in [3.05, 3.63) is 28.2 Å². The van der Waals surface area contributed by atoms with Crippen LogP contribution in [0.3, 0.4) is 0 Å². The van der Waals surface area contributed by atoms with Crippen LogP contribution >= 0.6 is 50.9 Å². The third kappa shape index (κ3) is 3.06. The number of thioether (sulfide) groups is 1. The minimum absolute atomic E-state index is 0.538. The molecule has 15 heavy (non-hydrogen) atoms. The fourth-order valence-corrected chi connectivity index (χ4v) is 3.91.